The van der Waals surface area contributed by atoms with Crippen molar-refractivity contribution in [1.29, 1.82) is 0 Å². The van der Waals surface area contributed by atoms with Crippen LogP contribution in [0.15, 0.2) is 0 Å². The zero-order valence-corrected chi connectivity index (χ0v) is 13.7. The highest BCUT2D eigenvalue weighted by Gasteiger charge is 2.68. The molecule has 0 aromatic rings. The first-order valence-electron chi connectivity index (χ1n) is 8.38. The molecule has 5 atom stereocenters. The highest BCUT2D eigenvalue weighted by atomic mass is 35.5. The van der Waals surface area contributed by atoms with Crippen LogP contribution in [0.1, 0.15) is 59.3 Å². The molecule has 5 fully saturated rings. The predicted molar refractivity (Wildman–Crippen MR) is 81.7 cm³/mol. The lowest BCUT2D eigenvalue weighted by molar-refractivity contribution is -0.199. The van der Waals surface area contributed by atoms with Crippen molar-refractivity contribution in [3.8, 4) is 0 Å². The van der Waals surface area contributed by atoms with Crippen LogP contribution in [0.2, 0.25) is 0 Å². The second-order valence-electron chi connectivity index (χ2n) is 8.39. The Balaban J connectivity index is 1.46. The van der Waals surface area contributed by atoms with Crippen molar-refractivity contribution in [2.45, 2.75) is 76.3 Å². The molecule has 5 aliphatic rings. The molecule has 0 aromatic heterocycles. The Morgan fingerprint density at radius 2 is 2.00 bits per heavy atom. The SMILES string of the molecule is CC1(C)[C@@H]2C[C@H]3OB([C@H](Cl)CC4CCC4)O[C@@]3(C)[C@H]1C2. The highest BCUT2D eigenvalue weighted by Crippen LogP contribution is 2.65. The van der Waals surface area contributed by atoms with Gasteiger partial charge in [0.2, 0.25) is 0 Å². The van der Waals surface area contributed by atoms with Crippen molar-refractivity contribution in [2.24, 2.45) is 23.2 Å². The third kappa shape index (κ3) is 1.78. The molecule has 1 aliphatic heterocycles. The number of hydrogen-bond acceptors (Lipinski definition) is 2. The van der Waals surface area contributed by atoms with Crippen LogP contribution in [-0.2, 0) is 9.31 Å². The summed E-state index contributed by atoms with van der Waals surface area (Å²) in [6.07, 6.45) is 7.86. The van der Waals surface area contributed by atoms with E-state index in [1.54, 1.807) is 0 Å². The Morgan fingerprint density at radius 1 is 1.25 bits per heavy atom. The molecule has 0 spiro atoms. The summed E-state index contributed by atoms with van der Waals surface area (Å²) >= 11 is 6.60. The van der Waals surface area contributed by atoms with E-state index in [4.69, 9.17) is 20.9 Å². The van der Waals surface area contributed by atoms with Crippen LogP contribution in [-0.4, -0.2) is 24.1 Å². The van der Waals surface area contributed by atoms with Crippen molar-refractivity contribution < 1.29 is 9.31 Å². The van der Waals surface area contributed by atoms with E-state index in [9.17, 15) is 0 Å². The molecule has 4 saturated carbocycles. The maximum Gasteiger partial charge on any atom is 0.476 e. The fraction of sp³-hybridized carbons (Fsp3) is 1.00. The molecule has 0 N–H and O–H groups in total. The van der Waals surface area contributed by atoms with Crippen LogP contribution in [0.25, 0.3) is 0 Å². The van der Waals surface area contributed by atoms with Crippen molar-refractivity contribution in [3.05, 3.63) is 0 Å². The summed E-state index contributed by atoms with van der Waals surface area (Å²) in [4.78, 5) is 0. The Hall–Kier alpha value is 0.275. The first-order valence-corrected chi connectivity index (χ1v) is 8.82. The van der Waals surface area contributed by atoms with E-state index in [1.807, 2.05) is 0 Å². The minimum Gasteiger partial charge on any atom is -0.404 e. The van der Waals surface area contributed by atoms with Crippen LogP contribution >= 0.6 is 11.6 Å². The Morgan fingerprint density at radius 3 is 2.60 bits per heavy atom. The fourth-order valence-electron chi connectivity index (χ4n) is 5.21. The van der Waals surface area contributed by atoms with E-state index in [0.29, 0.717) is 11.3 Å². The third-order valence-electron chi connectivity index (χ3n) is 7.05. The molecule has 0 aromatic carbocycles. The summed E-state index contributed by atoms with van der Waals surface area (Å²) in [7, 11) is -0.178. The minimum absolute atomic E-state index is 0.0306. The molecule has 2 nitrogen and oxygen atoms in total. The molecule has 2 bridgehead atoms. The van der Waals surface area contributed by atoms with Gasteiger partial charge in [-0.3, -0.25) is 0 Å². The Labute approximate surface area is 128 Å². The normalized spacial score (nSPS) is 47.4. The van der Waals surface area contributed by atoms with Gasteiger partial charge in [0.15, 0.2) is 0 Å². The molecule has 0 amide bonds. The minimum atomic E-state index is -0.178. The summed E-state index contributed by atoms with van der Waals surface area (Å²) in [6, 6.07) is 0. The monoisotopic (exact) mass is 296 g/mol. The number of rotatable bonds is 3. The number of halogens is 1. The Kier molecular flexibility index (Phi) is 3.06. The van der Waals surface area contributed by atoms with Crippen LogP contribution in [0.5, 0.6) is 0 Å². The molecule has 112 valence electrons. The van der Waals surface area contributed by atoms with E-state index in [-0.39, 0.29) is 24.1 Å². The van der Waals surface area contributed by atoms with E-state index in [2.05, 4.69) is 20.8 Å². The summed E-state index contributed by atoms with van der Waals surface area (Å²) in [5.74, 6) is 2.26. The molecule has 4 heteroatoms. The molecule has 5 rings (SSSR count). The average molecular weight is 297 g/mol. The van der Waals surface area contributed by atoms with E-state index < -0.39 is 0 Å². The number of alkyl halides is 1. The highest BCUT2D eigenvalue weighted by molar-refractivity contribution is 6.59. The van der Waals surface area contributed by atoms with Gasteiger partial charge >= 0.3 is 7.12 Å². The topological polar surface area (TPSA) is 18.5 Å². The van der Waals surface area contributed by atoms with Gasteiger partial charge < -0.3 is 9.31 Å². The van der Waals surface area contributed by atoms with Gasteiger partial charge in [-0.25, -0.2) is 0 Å². The quantitative estimate of drug-likeness (QED) is 0.578. The first-order chi connectivity index (χ1) is 9.41. The van der Waals surface area contributed by atoms with Crippen LogP contribution in [0.4, 0.5) is 0 Å². The Bertz CT molecular complexity index is 411. The zero-order chi connectivity index (χ0) is 14.1. The summed E-state index contributed by atoms with van der Waals surface area (Å²) in [5.41, 5.74) is 0.314. The summed E-state index contributed by atoms with van der Waals surface area (Å²) in [5, 5.41) is 0.0306. The van der Waals surface area contributed by atoms with Crippen LogP contribution in [0, 0.1) is 23.2 Å². The molecule has 1 saturated heterocycles. The van der Waals surface area contributed by atoms with Gasteiger partial charge in [-0.1, -0.05) is 33.1 Å². The fourth-order valence-corrected chi connectivity index (χ4v) is 5.57. The predicted octanol–water partition coefficient (Wildman–Crippen LogP) is 4.05. The van der Waals surface area contributed by atoms with Crippen LogP contribution in [0.3, 0.4) is 0 Å². The van der Waals surface area contributed by atoms with Gasteiger partial charge in [-0.15, -0.1) is 11.6 Å². The van der Waals surface area contributed by atoms with Crippen molar-refractivity contribution >= 4 is 18.7 Å². The lowest BCUT2D eigenvalue weighted by Crippen LogP contribution is -2.65. The zero-order valence-electron chi connectivity index (χ0n) is 12.9. The molecule has 4 aliphatic carbocycles. The van der Waals surface area contributed by atoms with Gasteiger partial charge in [0, 0.05) is 0 Å². The average Bonchev–Trinajstić information content (AvgIpc) is 2.70. The molecule has 1 heterocycles. The smallest absolute Gasteiger partial charge is 0.404 e. The van der Waals surface area contributed by atoms with Gasteiger partial charge in [0.25, 0.3) is 0 Å². The lowest BCUT2D eigenvalue weighted by atomic mass is 9.43. The first kappa shape index (κ1) is 13.9. The van der Waals surface area contributed by atoms with Gasteiger partial charge in [0.05, 0.1) is 17.0 Å². The standard InChI is InChI=1S/C16H26BClO2/c1-15(2)11-8-12(15)16(3)13(9-11)19-17(20-16)14(18)7-10-5-4-6-10/h10-14H,4-9H2,1-3H3/t11-,12-,13+,14+,16-/m0/s1. The molecule has 0 radical (unpaired) electrons. The third-order valence-corrected chi connectivity index (χ3v) is 7.43. The van der Waals surface area contributed by atoms with Gasteiger partial charge in [-0.05, 0) is 49.4 Å². The lowest BCUT2D eigenvalue weighted by Gasteiger charge is -2.64. The molecular weight excluding hydrogens is 270 g/mol. The van der Waals surface area contributed by atoms with E-state index >= 15 is 0 Å². The van der Waals surface area contributed by atoms with Crippen molar-refractivity contribution in [3.63, 3.8) is 0 Å². The molecular formula is C16H26BClO2. The largest absolute Gasteiger partial charge is 0.476 e. The maximum absolute atomic E-state index is 6.60. The van der Waals surface area contributed by atoms with Gasteiger partial charge in [0.1, 0.15) is 0 Å². The molecule has 20 heavy (non-hydrogen) atoms. The van der Waals surface area contributed by atoms with E-state index in [0.717, 1.165) is 24.7 Å². The maximum atomic E-state index is 6.60. The van der Waals surface area contributed by atoms with Crippen molar-refractivity contribution in [2.75, 3.05) is 0 Å². The summed E-state index contributed by atoms with van der Waals surface area (Å²) < 4.78 is 12.7. The molecule has 0 unspecified atom stereocenters. The second-order valence-corrected chi connectivity index (χ2v) is 8.95. The van der Waals surface area contributed by atoms with E-state index in [1.165, 1.54) is 25.7 Å². The number of hydrogen-bond donors (Lipinski definition) is 0. The van der Waals surface area contributed by atoms with Gasteiger partial charge in [-0.2, -0.15) is 0 Å². The van der Waals surface area contributed by atoms with Crippen molar-refractivity contribution in [1.82, 2.24) is 0 Å². The van der Waals surface area contributed by atoms with Crippen LogP contribution < -0.4 is 0 Å². The second kappa shape index (κ2) is 4.39. The summed E-state index contributed by atoms with van der Waals surface area (Å²) in [6.45, 7) is 7.07.